The van der Waals surface area contributed by atoms with E-state index >= 15 is 0 Å². The van der Waals surface area contributed by atoms with Gasteiger partial charge in [-0.1, -0.05) is 0 Å². The summed E-state index contributed by atoms with van der Waals surface area (Å²) < 4.78 is 10.4. The first-order chi connectivity index (χ1) is 13.2. The molecule has 1 unspecified atom stereocenters. The van der Waals surface area contributed by atoms with Crippen LogP contribution in [0.25, 0.3) is 11.0 Å². The minimum absolute atomic E-state index is 0.128. The van der Waals surface area contributed by atoms with Gasteiger partial charge in [0.05, 0.1) is 19.3 Å². The Kier molecular flexibility index (Phi) is 4.68. The van der Waals surface area contributed by atoms with E-state index in [1.54, 1.807) is 26.5 Å². The summed E-state index contributed by atoms with van der Waals surface area (Å²) in [6.07, 6.45) is 1.65. The largest absolute Gasteiger partial charge is 0.497 e. The van der Waals surface area contributed by atoms with Gasteiger partial charge >= 0.3 is 0 Å². The zero-order valence-electron chi connectivity index (χ0n) is 15.3. The molecule has 1 aliphatic heterocycles. The molecule has 3 N–H and O–H groups in total. The van der Waals surface area contributed by atoms with E-state index in [0.717, 1.165) is 29.1 Å². The monoisotopic (exact) mass is 366 g/mol. The van der Waals surface area contributed by atoms with Crippen LogP contribution in [0.5, 0.6) is 5.75 Å². The van der Waals surface area contributed by atoms with Crippen LogP contribution in [-0.2, 0) is 4.74 Å². The Balaban J connectivity index is 1.68. The molecule has 140 valence electrons. The molecule has 1 amide bonds. The summed E-state index contributed by atoms with van der Waals surface area (Å²) in [6, 6.07) is 9.80. The molecule has 0 saturated carbocycles. The number of fused-ring (bicyclic) bond motifs is 2. The lowest BCUT2D eigenvalue weighted by molar-refractivity contribution is 0.0938. The number of nitrogens with zero attached hydrogens (tertiary/aromatic N) is 1. The fourth-order valence-electron chi connectivity index (χ4n) is 3.51. The lowest BCUT2D eigenvalue weighted by Gasteiger charge is -2.09. The van der Waals surface area contributed by atoms with Crippen molar-refractivity contribution in [3.05, 3.63) is 53.3 Å². The van der Waals surface area contributed by atoms with Crippen LogP contribution in [-0.4, -0.2) is 49.8 Å². The first-order valence-corrected chi connectivity index (χ1v) is 8.88. The highest BCUT2D eigenvalue weighted by atomic mass is 16.5. The van der Waals surface area contributed by atoms with Crippen molar-refractivity contribution in [2.75, 3.05) is 39.2 Å². The topological polar surface area (TPSA) is 88.3 Å². The molecule has 0 spiro atoms. The number of hydrogen-bond donors (Lipinski definition) is 3. The van der Waals surface area contributed by atoms with Crippen molar-refractivity contribution in [3.63, 3.8) is 0 Å². The second kappa shape index (κ2) is 7.28. The van der Waals surface area contributed by atoms with E-state index in [0.29, 0.717) is 24.4 Å². The highest BCUT2D eigenvalue weighted by molar-refractivity contribution is 6.05. The fraction of sp³-hybridized carbons (Fsp3) is 0.300. The molecule has 0 fully saturated rings. The predicted octanol–water partition coefficient (Wildman–Crippen LogP) is 2.51. The van der Waals surface area contributed by atoms with Crippen LogP contribution in [0.15, 0.2) is 36.5 Å². The lowest BCUT2D eigenvalue weighted by Crippen LogP contribution is -2.27. The van der Waals surface area contributed by atoms with E-state index < -0.39 is 0 Å². The van der Waals surface area contributed by atoms with Gasteiger partial charge in [0.25, 0.3) is 5.91 Å². The van der Waals surface area contributed by atoms with Crippen LogP contribution in [0, 0.1) is 0 Å². The summed E-state index contributed by atoms with van der Waals surface area (Å²) in [6.45, 7) is 1.73. The van der Waals surface area contributed by atoms with Crippen LogP contribution in [0.4, 0.5) is 5.69 Å². The smallest absolute Gasteiger partial charge is 0.252 e. The Morgan fingerprint density at radius 1 is 1.30 bits per heavy atom. The molecule has 27 heavy (non-hydrogen) atoms. The van der Waals surface area contributed by atoms with E-state index in [4.69, 9.17) is 9.47 Å². The second-order valence-corrected chi connectivity index (χ2v) is 6.48. The maximum atomic E-state index is 12.5. The van der Waals surface area contributed by atoms with Crippen LogP contribution < -0.4 is 15.4 Å². The molecule has 1 aliphatic rings. The summed E-state index contributed by atoms with van der Waals surface area (Å²) >= 11 is 0. The number of benzene rings is 1. The number of carbonyl (C=O) groups excluding carboxylic acids is 1. The van der Waals surface area contributed by atoms with E-state index in [2.05, 4.69) is 26.7 Å². The van der Waals surface area contributed by atoms with Crippen LogP contribution >= 0.6 is 0 Å². The maximum absolute atomic E-state index is 12.5. The molecule has 1 aromatic carbocycles. The molecular formula is C20H22N4O3. The van der Waals surface area contributed by atoms with Gasteiger partial charge in [-0.15, -0.1) is 0 Å². The molecule has 0 radical (unpaired) electrons. The zero-order chi connectivity index (χ0) is 18.8. The summed E-state index contributed by atoms with van der Waals surface area (Å²) in [5.41, 5.74) is 4.61. The molecule has 3 aromatic rings. The average Bonchev–Trinajstić information content (AvgIpc) is 3.30. The molecule has 1 atom stereocenters. The number of hydrogen-bond acceptors (Lipinski definition) is 5. The SMILES string of the molecule is COCCNC(=O)c1ccnc2[nH]c(C3CNc4ccc(OC)cc43)cc12. The van der Waals surface area contributed by atoms with E-state index in [1.165, 1.54) is 5.56 Å². The summed E-state index contributed by atoms with van der Waals surface area (Å²) in [7, 11) is 3.28. The maximum Gasteiger partial charge on any atom is 0.252 e. The molecule has 4 rings (SSSR count). The second-order valence-electron chi connectivity index (χ2n) is 6.48. The van der Waals surface area contributed by atoms with Gasteiger partial charge in [0.15, 0.2) is 0 Å². The Morgan fingerprint density at radius 2 is 2.19 bits per heavy atom. The van der Waals surface area contributed by atoms with Crippen molar-refractivity contribution in [2.24, 2.45) is 0 Å². The van der Waals surface area contributed by atoms with Crippen molar-refractivity contribution in [1.29, 1.82) is 0 Å². The molecular weight excluding hydrogens is 344 g/mol. The third kappa shape index (κ3) is 3.21. The Labute approximate surface area is 157 Å². The quantitative estimate of drug-likeness (QED) is 0.584. The molecule has 2 aromatic heterocycles. The minimum atomic E-state index is -0.128. The number of rotatable bonds is 6. The molecule has 0 aliphatic carbocycles. The number of anilines is 1. The van der Waals surface area contributed by atoms with Crippen molar-refractivity contribution >= 4 is 22.6 Å². The number of pyridine rings is 1. The van der Waals surface area contributed by atoms with Crippen molar-refractivity contribution in [3.8, 4) is 5.75 Å². The van der Waals surface area contributed by atoms with Crippen LogP contribution in [0.1, 0.15) is 27.5 Å². The number of nitrogens with one attached hydrogen (secondary N) is 3. The number of methoxy groups -OCH3 is 2. The fourth-order valence-corrected chi connectivity index (χ4v) is 3.51. The summed E-state index contributed by atoms with van der Waals surface area (Å²) in [5.74, 6) is 0.847. The molecule has 0 saturated heterocycles. The highest BCUT2D eigenvalue weighted by Gasteiger charge is 2.26. The first-order valence-electron chi connectivity index (χ1n) is 8.88. The van der Waals surface area contributed by atoms with Crippen LogP contribution in [0.3, 0.4) is 0 Å². The third-order valence-electron chi connectivity index (χ3n) is 4.90. The number of aromatic amines is 1. The molecule has 3 heterocycles. The van der Waals surface area contributed by atoms with E-state index in [1.807, 2.05) is 18.2 Å². The zero-order valence-corrected chi connectivity index (χ0v) is 15.3. The molecule has 0 bridgehead atoms. The molecule has 7 nitrogen and oxygen atoms in total. The first kappa shape index (κ1) is 17.4. The Bertz CT molecular complexity index is 983. The number of aromatic nitrogens is 2. The van der Waals surface area contributed by atoms with Crippen molar-refractivity contribution in [1.82, 2.24) is 15.3 Å². The van der Waals surface area contributed by atoms with E-state index in [9.17, 15) is 4.79 Å². The van der Waals surface area contributed by atoms with Gasteiger partial charge < -0.3 is 25.1 Å². The third-order valence-corrected chi connectivity index (χ3v) is 4.90. The predicted molar refractivity (Wildman–Crippen MR) is 104 cm³/mol. The summed E-state index contributed by atoms with van der Waals surface area (Å²) in [5, 5.41) is 7.11. The van der Waals surface area contributed by atoms with Gasteiger partial charge in [0.1, 0.15) is 11.4 Å². The average molecular weight is 366 g/mol. The summed E-state index contributed by atoms with van der Waals surface area (Å²) in [4.78, 5) is 20.3. The number of ether oxygens (including phenoxy) is 2. The van der Waals surface area contributed by atoms with Crippen molar-refractivity contribution in [2.45, 2.75) is 5.92 Å². The number of H-pyrrole nitrogens is 1. The normalized spacial score (nSPS) is 15.4. The van der Waals surface area contributed by atoms with Gasteiger partial charge in [-0.3, -0.25) is 4.79 Å². The minimum Gasteiger partial charge on any atom is -0.497 e. The molecule has 7 heteroatoms. The van der Waals surface area contributed by atoms with Gasteiger partial charge in [-0.2, -0.15) is 0 Å². The van der Waals surface area contributed by atoms with Crippen LogP contribution in [0.2, 0.25) is 0 Å². The highest BCUT2D eigenvalue weighted by Crippen LogP contribution is 2.38. The Morgan fingerprint density at radius 3 is 3.00 bits per heavy atom. The van der Waals surface area contributed by atoms with Crippen molar-refractivity contribution < 1.29 is 14.3 Å². The van der Waals surface area contributed by atoms with Gasteiger partial charge in [-0.25, -0.2) is 4.98 Å². The van der Waals surface area contributed by atoms with Gasteiger partial charge in [-0.05, 0) is 35.9 Å². The number of carbonyl (C=O) groups is 1. The van der Waals surface area contributed by atoms with E-state index in [-0.39, 0.29) is 11.8 Å². The number of amides is 1. The Hall–Kier alpha value is -3.06. The standard InChI is InChI=1S/C20H22N4O3/c1-26-8-7-22-20(25)13-5-6-21-19-15(13)10-18(24-19)16-11-23-17-4-3-12(27-2)9-14(16)17/h3-6,9-10,16,23H,7-8,11H2,1-2H3,(H,21,24)(H,22,25). The lowest BCUT2D eigenvalue weighted by atomic mass is 9.97. The van der Waals surface area contributed by atoms with Gasteiger partial charge in [0.2, 0.25) is 0 Å². The van der Waals surface area contributed by atoms with Gasteiger partial charge in [0, 0.05) is 49.1 Å².